The van der Waals surface area contributed by atoms with Crippen LogP contribution in [0, 0.1) is 6.92 Å². The lowest BCUT2D eigenvalue weighted by Gasteiger charge is -2.10. The van der Waals surface area contributed by atoms with E-state index in [2.05, 4.69) is 35.6 Å². The lowest BCUT2D eigenvalue weighted by Crippen LogP contribution is -2.16. The van der Waals surface area contributed by atoms with Crippen LogP contribution < -0.4 is 9.46 Å². The minimum Gasteiger partial charge on any atom is -0.478 e. The smallest absolute Gasteiger partial charge is 0.265 e. The highest BCUT2D eigenvalue weighted by molar-refractivity contribution is 9.10. The van der Waals surface area contributed by atoms with Crippen molar-refractivity contribution in [3.8, 4) is 5.88 Å². The van der Waals surface area contributed by atoms with Gasteiger partial charge in [-0.05, 0) is 35.0 Å². The molecule has 1 N–H and O–H groups in total. The van der Waals surface area contributed by atoms with Crippen molar-refractivity contribution in [2.75, 3.05) is 11.8 Å². The largest absolute Gasteiger partial charge is 0.478 e. The Bertz CT molecular complexity index is 736. The van der Waals surface area contributed by atoms with Crippen LogP contribution >= 0.6 is 15.9 Å². The Balaban J connectivity index is 2.41. The van der Waals surface area contributed by atoms with Crippen molar-refractivity contribution in [2.45, 2.75) is 11.8 Å². The first-order valence-electron chi connectivity index (χ1n) is 5.45. The lowest BCUT2D eigenvalue weighted by molar-refractivity contribution is 0.397. The number of ether oxygens (including phenoxy) is 1. The number of nitrogens with zero attached hydrogens (tertiary/aromatic N) is 3. The predicted molar refractivity (Wildman–Crippen MR) is 76.1 cm³/mol. The zero-order chi connectivity index (χ0) is 14.8. The third-order valence-electron chi connectivity index (χ3n) is 2.30. The molecule has 0 aliphatic heterocycles. The molecule has 9 heteroatoms. The van der Waals surface area contributed by atoms with Crippen LogP contribution in [-0.2, 0) is 10.0 Å². The summed E-state index contributed by atoms with van der Waals surface area (Å²) < 4.78 is 32.1. The average Bonchev–Trinajstić information content (AvgIpc) is 2.41. The monoisotopic (exact) mass is 358 g/mol. The highest BCUT2D eigenvalue weighted by Crippen LogP contribution is 2.25. The summed E-state index contributed by atoms with van der Waals surface area (Å²) >= 11 is 3.10. The first-order chi connectivity index (χ1) is 9.44. The molecule has 2 heterocycles. The molecule has 2 aromatic heterocycles. The van der Waals surface area contributed by atoms with Gasteiger partial charge >= 0.3 is 0 Å². The minimum absolute atomic E-state index is 0.00410. The van der Waals surface area contributed by atoms with Crippen molar-refractivity contribution in [3.63, 3.8) is 0 Å². The molecule has 0 unspecified atom stereocenters. The highest BCUT2D eigenvalue weighted by Gasteiger charge is 2.21. The minimum atomic E-state index is -3.83. The predicted octanol–water partition coefficient (Wildman–Crippen LogP) is 1.75. The van der Waals surface area contributed by atoms with Gasteiger partial charge in [0.15, 0.2) is 0 Å². The molecule has 0 saturated carbocycles. The summed E-state index contributed by atoms with van der Waals surface area (Å²) in [6.07, 6.45) is 2.92. The standard InChI is InChI=1S/C11H11BrN4O3S/c1-7-6-14-10(11(15-7)19-2)16-20(17,18)8-4-3-5-13-9(8)12/h3-6H,1-2H3,(H,14,16). The maximum Gasteiger partial charge on any atom is 0.265 e. The van der Waals surface area contributed by atoms with Crippen molar-refractivity contribution in [1.29, 1.82) is 0 Å². The number of aryl methyl sites for hydroxylation is 1. The Morgan fingerprint density at radius 1 is 1.35 bits per heavy atom. The van der Waals surface area contributed by atoms with Gasteiger partial charge in [0, 0.05) is 6.20 Å². The number of hydrogen-bond acceptors (Lipinski definition) is 6. The van der Waals surface area contributed by atoms with Gasteiger partial charge in [0.05, 0.1) is 19.0 Å². The van der Waals surface area contributed by atoms with E-state index in [0.717, 1.165) is 0 Å². The van der Waals surface area contributed by atoms with Gasteiger partial charge in [-0.15, -0.1) is 0 Å². The van der Waals surface area contributed by atoms with Gasteiger partial charge in [-0.2, -0.15) is 0 Å². The molecular weight excluding hydrogens is 348 g/mol. The van der Waals surface area contributed by atoms with Crippen molar-refractivity contribution < 1.29 is 13.2 Å². The SMILES string of the molecule is COc1nc(C)cnc1NS(=O)(=O)c1cccnc1Br. The zero-order valence-corrected chi connectivity index (χ0v) is 13.1. The second kappa shape index (κ2) is 5.71. The van der Waals surface area contributed by atoms with Crippen LogP contribution in [0.2, 0.25) is 0 Å². The number of halogens is 1. The van der Waals surface area contributed by atoms with Crippen LogP contribution in [0.5, 0.6) is 5.88 Å². The van der Waals surface area contributed by atoms with Crippen LogP contribution in [0.25, 0.3) is 0 Å². The van der Waals surface area contributed by atoms with Crippen molar-refractivity contribution in [3.05, 3.63) is 34.8 Å². The topological polar surface area (TPSA) is 94.1 Å². The molecule has 0 fully saturated rings. The molecule has 2 aromatic rings. The molecule has 2 rings (SSSR count). The first kappa shape index (κ1) is 14.7. The number of aromatic nitrogens is 3. The number of anilines is 1. The van der Waals surface area contributed by atoms with Crippen molar-refractivity contribution in [1.82, 2.24) is 15.0 Å². The Morgan fingerprint density at radius 3 is 2.75 bits per heavy atom. The fourth-order valence-electron chi connectivity index (χ4n) is 1.42. The van der Waals surface area contributed by atoms with Crippen LogP contribution in [0.15, 0.2) is 34.0 Å². The number of methoxy groups -OCH3 is 1. The first-order valence-corrected chi connectivity index (χ1v) is 7.72. The summed E-state index contributed by atoms with van der Waals surface area (Å²) in [7, 11) is -2.44. The maximum atomic E-state index is 12.3. The van der Waals surface area contributed by atoms with E-state index >= 15 is 0 Å². The third-order valence-corrected chi connectivity index (χ3v) is 4.56. The second-order valence-corrected chi connectivity index (χ2v) is 6.17. The summed E-state index contributed by atoms with van der Waals surface area (Å²) in [5.74, 6) is 0.127. The molecule has 0 amide bonds. The molecule has 0 spiro atoms. The fraction of sp³-hybridized carbons (Fsp3) is 0.182. The maximum absolute atomic E-state index is 12.3. The van der Waals surface area contributed by atoms with E-state index in [1.165, 1.54) is 31.6 Å². The highest BCUT2D eigenvalue weighted by atomic mass is 79.9. The Hall–Kier alpha value is -1.74. The van der Waals surface area contributed by atoms with Gasteiger partial charge in [0.25, 0.3) is 15.9 Å². The molecule has 0 saturated heterocycles. The molecule has 0 aliphatic rings. The number of pyridine rings is 1. The number of hydrogen-bond donors (Lipinski definition) is 1. The summed E-state index contributed by atoms with van der Waals surface area (Å²) in [6.45, 7) is 1.73. The van der Waals surface area contributed by atoms with Gasteiger partial charge in [-0.1, -0.05) is 0 Å². The van der Waals surface area contributed by atoms with E-state index in [-0.39, 0.29) is 21.2 Å². The van der Waals surface area contributed by atoms with Crippen LogP contribution in [-0.4, -0.2) is 30.5 Å². The van der Waals surface area contributed by atoms with E-state index in [1.807, 2.05) is 0 Å². The van der Waals surface area contributed by atoms with Crippen LogP contribution in [0.4, 0.5) is 5.82 Å². The Morgan fingerprint density at radius 2 is 2.10 bits per heavy atom. The Labute approximate surface area is 124 Å². The van der Waals surface area contributed by atoms with Crippen molar-refractivity contribution in [2.24, 2.45) is 0 Å². The Kier molecular flexibility index (Phi) is 4.19. The number of rotatable bonds is 4. The zero-order valence-electron chi connectivity index (χ0n) is 10.7. The van der Waals surface area contributed by atoms with E-state index in [0.29, 0.717) is 5.69 Å². The quantitative estimate of drug-likeness (QED) is 0.836. The summed E-state index contributed by atoms with van der Waals surface area (Å²) in [6, 6.07) is 2.95. The summed E-state index contributed by atoms with van der Waals surface area (Å²) in [4.78, 5) is 11.9. The van der Waals surface area contributed by atoms with Crippen molar-refractivity contribution >= 4 is 31.8 Å². The fourth-order valence-corrected chi connectivity index (χ4v) is 3.35. The molecule has 7 nitrogen and oxygen atoms in total. The van der Waals surface area contributed by atoms with Gasteiger partial charge in [0.1, 0.15) is 9.50 Å². The van der Waals surface area contributed by atoms with Gasteiger partial charge in [-0.3, -0.25) is 4.72 Å². The van der Waals surface area contributed by atoms with Gasteiger partial charge in [0.2, 0.25) is 5.82 Å². The van der Waals surface area contributed by atoms with Gasteiger partial charge in [-0.25, -0.2) is 23.4 Å². The van der Waals surface area contributed by atoms with E-state index in [1.54, 1.807) is 6.92 Å². The van der Waals surface area contributed by atoms with Crippen LogP contribution in [0.1, 0.15) is 5.69 Å². The number of sulfonamides is 1. The lowest BCUT2D eigenvalue weighted by atomic mass is 10.5. The van der Waals surface area contributed by atoms with Crippen LogP contribution in [0.3, 0.4) is 0 Å². The van der Waals surface area contributed by atoms with Gasteiger partial charge < -0.3 is 4.74 Å². The van der Waals surface area contributed by atoms with E-state index < -0.39 is 10.0 Å². The number of nitrogens with one attached hydrogen (secondary N) is 1. The molecule has 0 bridgehead atoms. The second-order valence-electron chi connectivity index (χ2n) is 3.77. The van der Waals surface area contributed by atoms with E-state index in [9.17, 15) is 8.42 Å². The molecule has 0 aromatic carbocycles. The normalized spacial score (nSPS) is 11.2. The summed E-state index contributed by atoms with van der Waals surface area (Å²) in [5.41, 5.74) is 0.618. The summed E-state index contributed by atoms with van der Waals surface area (Å²) in [5, 5.41) is 0. The molecular formula is C11H11BrN4O3S. The van der Waals surface area contributed by atoms with E-state index in [4.69, 9.17) is 4.74 Å². The molecule has 0 atom stereocenters. The molecule has 0 radical (unpaired) electrons. The molecule has 20 heavy (non-hydrogen) atoms. The third kappa shape index (κ3) is 3.05. The molecule has 0 aliphatic carbocycles. The molecule has 106 valence electrons. The average molecular weight is 359 g/mol.